The lowest BCUT2D eigenvalue weighted by Gasteiger charge is -2.23. The molecule has 2 rings (SSSR count). The predicted molar refractivity (Wildman–Crippen MR) is 84.9 cm³/mol. The fourth-order valence-electron chi connectivity index (χ4n) is 2.17. The summed E-state index contributed by atoms with van der Waals surface area (Å²) >= 11 is 0. The van der Waals surface area contributed by atoms with Crippen LogP contribution in [0.1, 0.15) is 26.7 Å². The van der Waals surface area contributed by atoms with E-state index in [4.69, 9.17) is 4.74 Å². The summed E-state index contributed by atoms with van der Waals surface area (Å²) in [5, 5.41) is 8.57. The van der Waals surface area contributed by atoms with Crippen molar-refractivity contribution in [1.82, 2.24) is 10.6 Å². The summed E-state index contributed by atoms with van der Waals surface area (Å²) in [6.45, 7) is 5.34. The Kier molecular flexibility index (Phi) is 5.77. The Balaban J connectivity index is 1.90. The average molecular weight is 305 g/mol. The van der Waals surface area contributed by atoms with Gasteiger partial charge in [-0.15, -0.1) is 0 Å². The van der Waals surface area contributed by atoms with Gasteiger partial charge in [-0.1, -0.05) is 13.0 Å². The number of hydrogen-bond donors (Lipinski definition) is 3. The fraction of sp³-hybridized carbons (Fsp3) is 0.500. The summed E-state index contributed by atoms with van der Waals surface area (Å²) in [6, 6.07) is 6.82. The molecule has 2 unspecified atom stereocenters. The number of rotatable bonds is 6. The van der Waals surface area contributed by atoms with Gasteiger partial charge in [0.15, 0.2) is 0 Å². The molecule has 1 aliphatic rings. The number of carbonyl (C=O) groups is 2. The standard InChI is InChI=1S/C16H23N3O3/c1-3-11(2)22-13-6-4-5-12(9-13)19-15(20)10-14-16(21)18-8-7-17-14/h4-6,9,11,14,17H,3,7-8,10H2,1-2H3,(H,18,21)(H,19,20). The summed E-state index contributed by atoms with van der Waals surface area (Å²) < 4.78 is 5.72. The lowest BCUT2D eigenvalue weighted by atomic mass is 10.1. The molecule has 1 aromatic rings. The van der Waals surface area contributed by atoms with Crippen LogP contribution in [0, 0.1) is 0 Å². The number of carbonyl (C=O) groups excluding carboxylic acids is 2. The second-order valence-corrected chi connectivity index (χ2v) is 5.41. The van der Waals surface area contributed by atoms with Crippen LogP contribution in [0.3, 0.4) is 0 Å². The molecule has 3 N–H and O–H groups in total. The molecule has 120 valence electrons. The number of ether oxygens (including phenoxy) is 1. The number of anilines is 1. The highest BCUT2D eigenvalue weighted by molar-refractivity contribution is 5.95. The first-order valence-corrected chi connectivity index (χ1v) is 7.66. The molecule has 2 atom stereocenters. The van der Waals surface area contributed by atoms with Crippen LogP contribution in [0.25, 0.3) is 0 Å². The first-order valence-electron chi connectivity index (χ1n) is 7.66. The second-order valence-electron chi connectivity index (χ2n) is 5.41. The van der Waals surface area contributed by atoms with E-state index in [1.54, 1.807) is 12.1 Å². The Labute approximate surface area is 130 Å². The predicted octanol–water partition coefficient (Wildman–Crippen LogP) is 1.28. The zero-order chi connectivity index (χ0) is 15.9. The molecule has 0 saturated carbocycles. The van der Waals surface area contributed by atoms with Gasteiger partial charge in [-0.25, -0.2) is 0 Å². The maximum Gasteiger partial charge on any atom is 0.237 e. The van der Waals surface area contributed by atoms with Gasteiger partial charge in [0.05, 0.1) is 18.6 Å². The first kappa shape index (κ1) is 16.3. The van der Waals surface area contributed by atoms with Crippen molar-refractivity contribution in [1.29, 1.82) is 0 Å². The summed E-state index contributed by atoms with van der Waals surface area (Å²) in [7, 11) is 0. The Hall–Kier alpha value is -2.08. The van der Waals surface area contributed by atoms with Crippen molar-refractivity contribution in [3.05, 3.63) is 24.3 Å². The second kappa shape index (κ2) is 7.79. The van der Waals surface area contributed by atoms with Crippen LogP contribution in [0.5, 0.6) is 5.75 Å². The van der Waals surface area contributed by atoms with E-state index in [0.717, 1.165) is 12.2 Å². The molecule has 1 saturated heterocycles. The molecule has 0 bridgehead atoms. The molecule has 0 aliphatic carbocycles. The van der Waals surface area contributed by atoms with Gasteiger partial charge in [-0.05, 0) is 25.5 Å². The third kappa shape index (κ3) is 4.73. The van der Waals surface area contributed by atoms with E-state index in [1.165, 1.54) is 0 Å². The number of benzene rings is 1. The van der Waals surface area contributed by atoms with Crippen molar-refractivity contribution < 1.29 is 14.3 Å². The molecule has 0 radical (unpaired) electrons. The highest BCUT2D eigenvalue weighted by Gasteiger charge is 2.24. The van der Waals surface area contributed by atoms with Gasteiger partial charge < -0.3 is 20.7 Å². The van der Waals surface area contributed by atoms with Crippen molar-refractivity contribution in [2.45, 2.75) is 38.8 Å². The number of amides is 2. The zero-order valence-corrected chi connectivity index (χ0v) is 13.0. The first-order chi connectivity index (χ1) is 10.6. The fourth-order valence-corrected chi connectivity index (χ4v) is 2.17. The van der Waals surface area contributed by atoms with Crippen LogP contribution in [0.2, 0.25) is 0 Å². The van der Waals surface area contributed by atoms with E-state index in [2.05, 4.69) is 22.9 Å². The van der Waals surface area contributed by atoms with Gasteiger partial charge >= 0.3 is 0 Å². The van der Waals surface area contributed by atoms with E-state index in [1.807, 2.05) is 19.1 Å². The van der Waals surface area contributed by atoms with Crippen molar-refractivity contribution >= 4 is 17.5 Å². The van der Waals surface area contributed by atoms with Gasteiger partial charge in [-0.3, -0.25) is 9.59 Å². The lowest BCUT2D eigenvalue weighted by Crippen LogP contribution is -2.53. The van der Waals surface area contributed by atoms with Crippen LogP contribution < -0.4 is 20.7 Å². The van der Waals surface area contributed by atoms with E-state index in [0.29, 0.717) is 18.8 Å². The van der Waals surface area contributed by atoms with Crippen LogP contribution in [-0.4, -0.2) is 37.0 Å². The molecule has 0 spiro atoms. The minimum atomic E-state index is -0.465. The molecule has 1 heterocycles. The summed E-state index contributed by atoms with van der Waals surface area (Å²) in [5.41, 5.74) is 0.669. The molecule has 2 amide bonds. The van der Waals surface area contributed by atoms with Crippen molar-refractivity contribution in [2.75, 3.05) is 18.4 Å². The smallest absolute Gasteiger partial charge is 0.237 e. The molecule has 6 nitrogen and oxygen atoms in total. The highest BCUT2D eigenvalue weighted by Crippen LogP contribution is 2.19. The Morgan fingerprint density at radius 3 is 3.00 bits per heavy atom. The SMILES string of the molecule is CCC(C)Oc1cccc(NC(=O)CC2NCCNC2=O)c1. The summed E-state index contributed by atoms with van der Waals surface area (Å²) in [5.74, 6) is 0.395. The summed E-state index contributed by atoms with van der Waals surface area (Å²) in [6.07, 6.45) is 1.16. The van der Waals surface area contributed by atoms with Crippen molar-refractivity contribution in [3.63, 3.8) is 0 Å². The van der Waals surface area contributed by atoms with E-state index in [9.17, 15) is 9.59 Å². The monoisotopic (exact) mass is 305 g/mol. The van der Waals surface area contributed by atoms with Crippen LogP contribution >= 0.6 is 0 Å². The Morgan fingerprint density at radius 2 is 2.27 bits per heavy atom. The molecule has 1 aliphatic heterocycles. The normalized spacial score (nSPS) is 19.2. The Morgan fingerprint density at radius 1 is 1.45 bits per heavy atom. The van der Waals surface area contributed by atoms with E-state index < -0.39 is 6.04 Å². The third-order valence-corrected chi connectivity index (χ3v) is 3.55. The minimum absolute atomic E-state index is 0.113. The van der Waals surface area contributed by atoms with Gasteiger partial charge in [0.25, 0.3) is 0 Å². The molecular formula is C16H23N3O3. The highest BCUT2D eigenvalue weighted by atomic mass is 16.5. The number of hydrogen-bond acceptors (Lipinski definition) is 4. The largest absolute Gasteiger partial charge is 0.491 e. The summed E-state index contributed by atoms with van der Waals surface area (Å²) in [4.78, 5) is 23.7. The van der Waals surface area contributed by atoms with Crippen LogP contribution in [0.15, 0.2) is 24.3 Å². The van der Waals surface area contributed by atoms with Gasteiger partial charge in [0.1, 0.15) is 5.75 Å². The van der Waals surface area contributed by atoms with E-state index >= 15 is 0 Å². The van der Waals surface area contributed by atoms with Gasteiger partial charge in [-0.2, -0.15) is 0 Å². The topological polar surface area (TPSA) is 79.5 Å². The third-order valence-electron chi connectivity index (χ3n) is 3.55. The van der Waals surface area contributed by atoms with Crippen LogP contribution in [-0.2, 0) is 9.59 Å². The Bertz CT molecular complexity index is 533. The maximum absolute atomic E-state index is 12.0. The molecule has 1 aromatic carbocycles. The molecule has 1 fully saturated rings. The van der Waals surface area contributed by atoms with E-state index in [-0.39, 0.29) is 24.3 Å². The molecule has 22 heavy (non-hydrogen) atoms. The van der Waals surface area contributed by atoms with Crippen molar-refractivity contribution in [3.8, 4) is 5.75 Å². The zero-order valence-electron chi connectivity index (χ0n) is 13.0. The molecule has 0 aromatic heterocycles. The van der Waals surface area contributed by atoms with Crippen LogP contribution in [0.4, 0.5) is 5.69 Å². The quantitative estimate of drug-likeness (QED) is 0.740. The molecule has 6 heteroatoms. The lowest BCUT2D eigenvalue weighted by molar-refractivity contribution is -0.127. The van der Waals surface area contributed by atoms with Gasteiger partial charge in [0, 0.05) is 24.8 Å². The molecular weight excluding hydrogens is 282 g/mol. The van der Waals surface area contributed by atoms with Crippen molar-refractivity contribution in [2.24, 2.45) is 0 Å². The average Bonchev–Trinajstić information content (AvgIpc) is 2.50. The van der Waals surface area contributed by atoms with Gasteiger partial charge in [0.2, 0.25) is 11.8 Å². The maximum atomic E-state index is 12.0. The minimum Gasteiger partial charge on any atom is -0.491 e. The number of nitrogens with one attached hydrogen (secondary N) is 3. The number of piperazine rings is 1.